The number of carbonyl (C=O) groups is 1. The number of aliphatic carboxylic acids is 1. The summed E-state index contributed by atoms with van der Waals surface area (Å²) in [5.41, 5.74) is 1.30. The molecule has 0 radical (unpaired) electrons. The van der Waals surface area contributed by atoms with Crippen LogP contribution in [0.2, 0.25) is 0 Å². The van der Waals surface area contributed by atoms with Crippen LogP contribution in [-0.2, 0) is 16.6 Å². The molecule has 1 atom stereocenters. The first kappa shape index (κ1) is 13.8. The van der Waals surface area contributed by atoms with Crippen LogP contribution in [-0.4, -0.2) is 59.2 Å². The van der Waals surface area contributed by atoms with E-state index in [-0.39, 0.29) is 0 Å². The van der Waals surface area contributed by atoms with Crippen molar-refractivity contribution in [2.24, 2.45) is 7.05 Å². The van der Waals surface area contributed by atoms with Gasteiger partial charge in [0.15, 0.2) is 0 Å². The average Bonchev–Trinajstić information content (AvgIpc) is 2.65. The molecule has 1 aliphatic rings. The Hall–Kier alpha value is -1.60. The van der Waals surface area contributed by atoms with Gasteiger partial charge in [-0.15, -0.1) is 0 Å². The van der Waals surface area contributed by atoms with Gasteiger partial charge in [0.25, 0.3) is 0 Å². The van der Waals surface area contributed by atoms with E-state index in [1.54, 1.807) is 18.7 Å². The molecule has 1 N–H and O–H groups in total. The molecule has 0 bridgehead atoms. The first-order chi connectivity index (χ1) is 9.06. The van der Waals surface area contributed by atoms with Gasteiger partial charge in [-0.25, -0.2) is 4.68 Å². The van der Waals surface area contributed by atoms with Crippen LogP contribution in [0.25, 0.3) is 0 Å². The van der Waals surface area contributed by atoms with Crippen molar-refractivity contribution in [1.82, 2.24) is 14.7 Å². The molecule has 0 spiro atoms. The van der Waals surface area contributed by atoms with E-state index >= 15 is 0 Å². The maximum Gasteiger partial charge on any atom is 0.325 e. The van der Waals surface area contributed by atoms with Gasteiger partial charge >= 0.3 is 5.97 Å². The fraction of sp³-hybridized carbons (Fsp3) is 0.667. The normalized spacial score (nSPS) is 18.3. The van der Waals surface area contributed by atoms with Crippen molar-refractivity contribution < 1.29 is 19.4 Å². The standard InChI is InChI=1S/C12H19N3O4/c1-8-9(11(18-3)14(2)13-8)10(12(16)17)15-4-6-19-7-5-15/h10H,4-7H2,1-3H3,(H,16,17). The summed E-state index contributed by atoms with van der Waals surface area (Å²) in [6.45, 7) is 4.08. The molecule has 106 valence electrons. The van der Waals surface area contributed by atoms with E-state index in [4.69, 9.17) is 9.47 Å². The Morgan fingerprint density at radius 1 is 1.47 bits per heavy atom. The van der Waals surface area contributed by atoms with Crippen LogP contribution in [0.4, 0.5) is 0 Å². The van der Waals surface area contributed by atoms with E-state index in [9.17, 15) is 9.90 Å². The summed E-state index contributed by atoms with van der Waals surface area (Å²) in [6.07, 6.45) is 0. The number of ether oxygens (including phenoxy) is 2. The number of hydrogen-bond acceptors (Lipinski definition) is 5. The molecule has 7 heteroatoms. The number of hydrogen-bond donors (Lipinski definition) is 1. The number of rotatable bonds is 4. The minimum Gasteiger partial charge on any atom is -0.481 e. The molecule has 0 aliphatic carbocycles. The molecule has 1 aromatic heterocycles. The first-order valence-electron chi connectivity index (χ1n) is 6.18. The third-order valence-corrected chi connectivity index (χ3v) is 3.33. The van der Waals surface area contributed by atoms with Crippen molar-refractivity contribution in [3.05, 3.63) is 11.3 Å². The number of aryl methyl sites for hydroxylation is 2. The molecule has 2 heterocycles. The molecule has 1 fully saturated rings. The second kappa shape index (κ2) is 5.58. The Morgan fingerprint density at radius 2 is 2.11 bits per heavy atom. The summed E-state index contributed by atoms with van der Waals surface area (Å²) in [5, 5.41) is 13.8. The lowest BCUT2D eigenvalue weighted by molar-refractivity contribution is -0.145. The third kappa shape index (κ3) is 2.57. The summed E-state index contributed by atoms with van der Waals surface area (Å²) in [4.78, 5) is 13.5. The van der Waals surface area contributed by atoms with Gasteiger partial charge in [-0.1, -0.05) is 0 Å². The highest BCUT2D eigenvalue weighted by molar-refractivity contribution is 5.77. The van der Waals surface area contributed by atoms with Crippen molar-refractivity contribution in [2.45, 2.75) is 13.0 Å². The van der Waals surface area contributed by atoms with E-state index in [1.165, 1.54) is 7.11 Å². The predicted molar refractivity (Wildman–Crippen MR) is 67.3 cm³/mol. The highest BCUT2D eigenvalue weighted by Gasteiger charge is 2.34. The van der Waals surface area contributed by atoms with E-state index in [0.717, 1.165) is 0 Å². The van der Waals surface area contributed by atoms with Crippen LogP contribution in [0.5, 0.6) is 5.88 Å². The third-order valence-electron chi connectivity index (χ3n) is 3.33. The second-order valence-electron chi connectivity index (χ2n) is 4.52. The van der Waals surface area contributed by atoms with Gasteiger partial charge in [-0.2, -0.15) is 5.10 Å². The lowest BCUT2D eigenvalue weighted by Gasteiger charge is -2.32. The number of nitrogens with zero attached hydrogens (tertiary/aromatic N) is 3. The van der Waals surface area contributed by atoms with Crippen molar-refractivity contribution in [3.63, 3.8) is 0 Å². The van der Waals surface area contributed by atoms with Crippen LogP contribution in [0.3, 0.4) is 0 Å². The SMILES string of the molecule is COc1c(C(C(=O)O)N2CCOCC2)c(C)nn1C. The lowest BCUT2D eigenvalue weighted by atomic mass is 10.1. The molecule has 19 heavy (non-hydrogen) atoms. The van der Waals surface area contributed by atoms with Gasteiger partial charge in [0.2, 0.25) is 5.88 Å². The Labute approximate surface area is 111 Å². The minimum absolute atomic E-state index is 0.497. The zero-order valence-corrected chi connectivity index (χ0v) is 11.4. The average molecular weight is 269 g/mol. The smallest absolute Gasteiger partial charge is 0.325 e. The van der Waals surface area contributed by atoms with Crippen LogP contribution >= 0.6 is 0 Å². The molecule has 0 amide bonds. The number of morpholine rings is 1. The van der Waals surface area contributed by atoms with E-state index in [0.29, 0.717) is 43.4 Å². The molecule has 7 nitrogen and oxygen atoms in total. The van der Waals surface area contributed by atoms with E-state index in [2.05, 4.69) is 5.10 Å². The molecule has 1 aliphatic heterocycles. The van der Waals surface area contributed by atoms with Gasteiger partial charge in [0.05, 0.1) is 31.6 Å². The van der Waals surface area contributed by atoms with Crippen LogP contribution in [0.15, 0.2) is 0 Å². The molecule has 0 saturated carbocycles. The number of aromatic nitrogens is 2. The van der Waals surface area contributed by atoms with Gasteiger partial charge < -0.3 is 14.6 Å². The zero-order chi connectivity index (χ0) is 14.0. The molecule has 1 unspecified atom stereocenters. The van der Waals surface area contributed by atoms with Gasteiger partial charge in [-0.05, 0) is 6.92 Å². The van der Waals surface area contributed by atoms with Crippen molar-refractivity contribution in [3.8, 4) is 5.88 Å². The van der Waals surface area contributed by atoms with Gasteiger partial charge in [0.1, 0.15) is 6.04 Å². The Bertz CT molecular complexity index is 466. The summed E-state index contributed by atoms with van der Waals surface area (Å²) in [6, 6.07) is -0.743. The van der Waals surface area contributed by atoms with E-state index < -0.39 is 12.0 Å². The quantitative estimate of drug-likeness (QED) is 0.841. The Balaban J connectivity index is 2.41. The highest BCUT2D eigenvalue weighted by Crippen LogP contribution is 2.32. The molecular weight excluding hydrogens is 250 g/mol. The summed E-state index contributed by atoms with van der Waals surface area (Å²) in [7, 11) is 3.27. The molecule has 1 aromatic rings. The molecule has 1 saturated heterocycles. The zero-order valence-electron chi connectivity index (χ0n) is 11.4. The molecular formula is C12H19N3O4. The molecule has 0 aromatic carbocycles. The summed E-state index contributed by atoms with van der Waals surface area (Å²) < 4.78 is 12.1. The molecule has 2 rings (SSSR count). The van der Waals surface area contributed by atoms with Crippen LogP contribution in [0, 0.1) is 6.92 Å². The number of carboxylic acid groups (broad SMARTS) is 1. The fourth-order valence-electron chi connectivity index (χ4n) is 2.51. The van der Waals surface area contributed by atoms with Crippen molar-refractivity contribution in [2.75, 3.05) is 33.4 Å². The first-order valence-corrected chi connectivity index (χ1v) is 6.18. The van der Waals surface area contributed by atoms with E-state index in [1.807, 2.05) is 4.90 Å². The minimum atomic E-state index is -0.892. The Kier molecular flexibility index (Phi) is 4.06. The maximum atomic E-state index is 11.7. The number of carboxylic acids is 1. The topological polar surface area (TPSA) is 76.8 Å². The van der Waals surface area contributed by atoms with Gasteiger partial charge in [-0.3, -0.25) is 9.69 Å². The largest absolute Gasteiger partial charge is 0.481 e. The summed E-state index contributed by atoms with van der Waals surface area (Å²) in [5.74, 6) is -0.396. The maximum absolute atomic E-state index is 11.7. The van der Waals surface area contributed by atoms with Crippen LogP contribution in [0.1, 0.15) is 17.3 Å². The van der Waals surface area contributed by atoms with Crippen molar-refractivity contribution >= 4 is 5.97 Å². The van der Waals surface area contributed by atoms with Crippen LogP contribution < -0.4 is 4.74 Å². The lowest BCUT2D eigenvalue weighted by Crippen LogP contribution is -2.42. The fourth-order valence-corrected chi connectivity index (χ4v) is 2.51. The Morgan fingerprint density at radius 3 is 2.63 bits per heavy atom. The highest BCUT2D eigenvalue weighted by atomic mass is 16.5. The van der Waals surface area contributed by atoms with Gasteiger partial charge in [0, 0.05) is 20.1 Å². The summed E-state index contributed by atoms with van der Waals surface area (Å²) >= 11 is 0. The van der Waals surface area contributed by atoms with Crippen molar-refractivity contribution in [1.29, 1.82) is 0 Å². The monoisotopic (exact) mass is 269 g/mol. The number of methoxy groups -OCH3 is 1. The predicted octanol–water partition coefficient (Wildman–Crippen LogP) is 0.195. The second-order valence-corrected chi connectivity index (χ2v) is 4.52.